The third kappa shape index (κ3) is 1.29. The van der Waals surface area contributed by atoms with Gasteiger partial charge >= 0.3 is 5.97 Å². The van der Waals surface area contributed by atoms with Crippen molar-refractivity contribution in [2.45, 2.75) is 32.5 Å². The van der Waals surface area contributed by atoms with Crippen LogP contribution < -0.4 is 0 Å². The standard InChI is InChI=1S/C7H12O3/c1-4-3-6(9)10-7(4)5(2)8/h4-5,7-8H,3H2,1-2H3/t4-,5-,7+/m0/s1. The quantitative estimate of drug-likeness (QED) is 0.539. The molecule has 0 saturated carbocycles. The summed E-state index contributed by atoms with van der Waals surface area (Å²) in [4.78, 5) is 10.6. The van der Waals surface area contributed by atoms with Crippen molar-refractivity contribution in [3.8, 4) is 0 Å². The fourth-order valence-electron chi connectivity index (χ4n) is 1.27. The summed E-state index contributed by atoms with van der Waals surface area (Å²) in [6.07, 6.45) is -0.385. The van der Waals surface area contributed by atoms with E-state index >= 15 is 0 Å². The zero-order chi connectivity index (χ0) is 7.72. The van der Waals surface area contributed by atoms with E-state index in [0.29, 0.717) is 6.42 Å². The number of hydrogen-bond donors (Lipinski definition) is 1. The van der Waals surface area contributed by atoms with Crippen LogP contribution in [0.25, 0.3) is 0 Å². The van der Waals surface area contributed by atoms with Crippen LogP contribution in [0.5, 0.6) is 0 Å². The summed E-state index contributed by atoms with van der Waals surface area (Å²) in [7, 11) is 0. The van der Waals surface area contributed by atoms with Crippen molar-refractivity contribution >= 4 is 5.97 Å². The largest absolute Gasteiger partial charge is 0.459 e. The molecule has 3 atom stereocenters. The number of aliphatic hydroxyl groups is 1. The van der Waals surface area contributed by atoms with Crippen molar-refractivity contribution < 1.29 is 14.6 Å². The molecule has 58 valence electrons. The van der Waals surface area contributed by atoms with Gasteiger partial charge in [0.25, 0.3) is 0 Å². The minimum atomic E-state index is -0.540. The van der Waals surface area contributed by atoms with Crippen LogP contribution in [0.2, 0.25) is 0 Å². The number of hydrogen-bond acceptors (Lipinski definition) is 3. The Bertz CT molecular complexity index is 142. The third-order valence-electron chi connectivity index (χ3n) is 1.79. The molecule has 1 N–H and O–H groups in total. The molecule has 0 unspecified atom stereocenters. The second-order valence-corrected chi connectivity index (χ2v) is 2.88. The SMILES string of the molecule is C[C@H](O)[C@@H]1OC(=O)C[C@@H]1C. The highest BCUT2D eigenvalue weighted by atomic mass is 16.6. The smallest absolute Gasteiger partial charge is 0.306 e. The van der Waals surface area contributed by atoms with E-state index in [2.05, 4.69) is 0 Å². The lowest BCUT2D eigenvalue weighted by Gasteiger charge is -2.15. The number of ether oxygens (including phenoxy) is 1. The van der Waals surface area contributed by atoms with Gasteiger partial charge in [-0.2, -0.15) is 0 Å². The number of rotatable bonds is 1. The highest BCUT2D eigenvalue weighted by Crippen LogP contribution is 2.23. The molecule has 0 spiro atoms. The van der Waals surface area contributed by atoms with Crippen LogP contribution in [0.1, 0.15) is 20.3 Å². The van der Waals surface area contributed by atoms with E-state index in [1.165, 1.54) is 0 Å². The minimum absolute atomic E-state index is 0.160. The number of aliphatic hydroxyl groups excluding tert-OH is 1. The van der Waals surface area contributed by atoms with E-state index in [1.807, 2.05) is 6.92 Å². The molecular formula is C7H12O3. The van der Waals surface area contributed by atoms with Gasteiger partial charge in [-0.25, -0.2) is 0 Å². The molecule has 0 aromatic carbocycles. The van der Waals surface area contributed by atoms with Crippen molar-refractivity contribution in [1.29, 1.82) is 0 Å². The van der Waals surface area contributed by atoms with Crippen molar-refractivity contribution in [1.82, 2.24) is 0 Å². The van der Waals surface area contributed by atoms with Gasteiger partial charge in [-0.3, -0.25) is 4.79 Å². The minimum Gasteiger partial charge on any atom is -0.459 e. The third-order valence-corrected chi connectivity index (χ3v) is 1.79. The molecular weight excluding hydrogens is 132 g/mol. The van der Waals surface area contributed by atoms with Crippen molar-refractivity contribution in [2.24, 2.45) is 5.92 Å². The second-order valence-electron chi connectivity index (χ2n) is 2.88. The first-order valence-electron chi connectivity index (χ1n) is 3.49. The molecule has 10 heavy (non-hydrogen) atoms. The van der Waals surface area contributed by atoms with Gasteiger partial charge in [-0.1, -0.05) is 6.92 Å². The number of carbonyl (C=O) groups excluding carboxylic acids is 1. The Balaban J connectivity index is 2.54. The molecule has 1 saturated heterocycles. The first-order chi connectivity index (χ1) is 4.61. The van der Waals surface area contributed by atoms with Crippen LogP contribution >= 0.6 is 0 Å². The average molecular weight is 144 g/mol. The molecule has 0 amide bonds. The molecule has 0 bridgehead atoms. The van der Waals surface area contributed by atoms with Crippen LogP contribution in [-0.2, 0) is 9.53 Å². The van der Waals surface area contributed by atoms with E-state index < -0.39 is 6.10 Å². The molecule has 0 radical (unpaired) electrons. The summed E-state index contributed by atoms with van der Waals surface area (Å²) in [5.41, 5.74) is 0. The fourth-order valence-corrected chi connectivity index (χ4v) is 1.27. The lowest BCUT2D eigenvalue weighted by molar-refractivity contribution is -0.145. The summed E-state index contributed by atoms with van der Waals surface area (Å²) in [6, 6.07) is 0. The molecule has 1 aliphatic heterocycles. The van der Waals surface area contributed by atoms with Crippen LogP contribution in [-0.4, -0.2) is 23.3 Å². The molecule has 1 fully saturated rings. The zero-order valence-corrected chi connectivity index (χ0v) is 6.20. The number of carbonyl (C=O) groups is 1. The molecule has 3 nitrogen and oxygen atoms in total. The summed E-state index contributed by atoms with van der Waals surface area (Å²) in [6.45, 7) is 3.54. The van der Waals surface area contributed by atoms with E-state index in [-0.39, 0.29) is 18.0 Å². The maximum Gasteiger partial charge on any atom is 0.306 e. The Morgan fingerprint density at radius 3 is 2.60 bits per heavy atom. The van der Waals surface area contributed by atoms with Gasteiger partial charge in [0.2, 0.25) is 0 Å². The molecule has 0 aromatic rings. The number of esters is 1. The van der Waals surface area contributed by atoms with Crippen LogP contribution in [0.3, 0.4) is 0 Å². The van der Waals surface area contributed by atoms with Gasteiger partial charge in [0.15, 0.2) is 0 Å². The Morgan fingerprint density at radius 1 is 1.80 bits per heavy atom. The topological polar surface area (TPSA) is 46.5 Å². The van der Waals surface area contributed by atoms with E-state index in [4.69, 9.17) is 9.84 Å². The fraction of sp³-hybridized carbons (Fsp3) is 0.857. The summed E-state index contributed by atoms with van der Waals surface area (Å²) in [5.74, 6) is -0.0362. The van der Waals surface area contributed by atoms with Crippen LogP contribution in [0.4, 0.5) is 0 Å². The lowest BCUT2D eigenvalue weighted by atomic mass is 10.0. The Morgan fingerprint density at radius 2 is 2.40 bits per heavy atom. The average Bonchev–Trinajstić information content (AvgIpc) is 2.10. The maximum absolute atomic E-state index is 10.6. The summed E-state index contributed by atoms with van der Waals surface area (Å²) >= 11 is 0. The van der Waals surface area contributed by atoms with Crippen molar-refractivity contribution in [3.63, 3.8) is 0 Å². The molecule has 1 heterocycles. The Hall–Kier alpha value is -0.570. The lowest BCUT2D eigenvalue weighted by Crippen LogP contribution is -2.27. The van der Waals surface area contributed by atoms with Crippen LogP contribution in [0, 0.1) is 5.92 Å². The maximum atomic E-state index is 10.6. The molecule has 1 aliphatic rings. The van der Waals surface area contributed by atoms with Gasteiger partial charge < -0.3 is 9.84 Å². The predicted molar refractivity (Wildman–Crippen MR) is 35.3 cm³/mol. The Labute approximate surface area is 60.0 Å². The van der Waals surface area contributed by atoms with E-state index in [9.17, 15) is 4.79 Å². The Kier molecular flexibility index (Phi) is 1.94. The van der Waals surface area contributed by atoms with E-state index in [0.717, 1.165) is 0 Å². The second kappa shape index (κ2) is 2.58. The molecule has 3 heteroatoms. The highest BCUT2D eigenvalue weighted by molar-refractivity contribution is 5.72. The van der Waals surface area contributed by atoms with Gasteiger partial charge in [-0.05, 0) is 6.92 Å². The van der Waals surface area contributed by atoms with Crippen molar-refractivity contribution in [3.05, 3.63) is 0 Å². The first kappa shape index (κ1) is 7.54. The van der Waals surface area contributed by atoms with Gasteiger partial charge in [0.05, 0.1) is 12.5 Å². The summed E-state index contributed by atoms with van der Waals surface area (Å²) < 4.78 is 4.85. The van der Waals surface area contributed by atoms with Crippen LogP contribution in [0.15, 0.2) is 0 Å². The zero-order valence-electron chi connectivity index (χ0n) is 6.20. The van der Waals surface area contributed by atoms with E-state index in [1.54, 1.807) is 6.92 Å². The van der Waals surface area contributed by atoms with Gasteiger partial charge in [0.1, 0.15) is 6.10 Å². The normalized spacial score (nSPS) is 35.7. The predicted octanol–water partition coefficient (Wildman–Crippen LogP) is 0.319. The van der Waals surface area contributed by atoms with Crippen molar-refractivity contribution in [2.75, 3.05) is 0 Å². The van der Waals surface area contributed by atoms with Gasteiger partial charge in [-0.15, -0.1) is 0 Å². The monoisotopic (exact) mass is 144 g/mol. The van der Waals surface area contributed by atoms with Gasteiger partial charge in [0, 0.05) is 5.92 Å². The highest BCUT2D eigenvalue weighted by Gasteiger charge is 2.34. The molecule has 0 aromatic heterocycles. The summed E-state index contributed by atoms with van der Waals surface area (Å²) in [5, 5.41) is 9.06. The number of cyclic esters (lactones) is 1. The molecule has 0 aliphatic carbocycles. The first-order valence-corrected chi connectivity index (χ1v) is 3.49. The molecule has 1 rings (SSSR count).